The Balaban J connectivity index is 1.74. The number of imidazole rings is 1. The van der Waals surface area contributed by atoms with E-state index in [1.807, 2.05) is 0 Å². The van der Waals surface area contributed by atoms with E-state index in [1.165, 1.54) is 12.1 Å². The zero-order valence-corrected chi connectivity index (χ0v) is 14.9. The van der Waals surface area contributed by atoms with E-state index in [0.29, 0.717) is 17.3 Å². The second-order valence-corrected chi connectivity index (χ2v) is 6.57. The molecule has 0 spiro atoms. The number of aromatic nitrogens is 3. The Kier molecular flexibility index (Phi) is 4.80. The van der Waals surface area contributed by atoms with Gasteiger partial charge in [0.1, 0.15) is 17.5 Å². The van der Waals surface area contributed by atoms with Gasteiger partial charge in [0.05, 0.1) is 11.4 Å². The maximum absolute atomic E-state index is 13.3. The molecule has 0 atom stereocenters. The number of halogens is 1. The van der Waals surface area contributed by atoms with Crippen LogP contribution in [0.2, 0.25) is 0 Å². The van der Waals surface area contributed by atoms with Crippen LogP contribution in [0.25, 0.3) is 28.6 Å². The summed E-state index contributed by atoms with van der Waals surface area (Å²) in [5.74, 6) is 0.795. The van der Waals surface area contributed by atoms with Crippen LogP contribution in [-0.2, 0) is 4.79 Å². The molecular formula is C21H18FN5O. The minimum absolute atomic E-state index is 0.0139. The van der Waals surface area contributed by atoms with Gasteiger partial charge in [-0.3, -0.25) is 4.79 Å². The van der Waals surface area contributed by atoms with Crippen LogP contribution in [0, 0.1) is 17.1 Å². The van der Waals surface area contributed by atoms with Crippen molar-refractivity contribution in [1.82, 2.24) is 15.0 Å². The Bertz CT molecular complexity index is 1050. The normalized spacial score (nSPS) is 13.6. The first kappa shape index (κ1) is 17.8. The molecule has 1 saturated carbocycles. The second kappa shape index (κ2) is 7.56. The highest BCUT2D eigenvalue weighted by molar-refractivity contribution is 5.94. The zero-order valence-electron chi connectivity index (χ0n) is 14.9. The smallest absolute Gasteiger partial charge is 0.228 e. The fourth-order valence-corrected chi connectivity index (χ4v) is 2.86. The predicted molar refractivity (Wildman–Crippen MR) is 106 cm³/mol. The molecule has 0 radical (unpaired) electrons. The SMILES string of the molecule is N=C/C=C\c1nc(-c2ccnc(NC(=O)C3CC3)c2)c(-c2ccc(F)cc2)[nH]1. The lowest BCUT2D eigenvalue weighted by Crippen LogP contribution is -2.14. The largest absolute Gasteiger partial charge is 0.338 e. The molecule has 0 unspecified atom stereocenters. The van der Waals surface area contributed by atoms with Crippen molar-refractivity contribution in [2.75, 3.05) is 5.32 Å². The molecule has 0 aliphatic heterocycles. The maximum Gasteiger partial charge on any atom is 0.228 e. The van der Waals surface area contributed by atoms with E-state index in [-0.39, 0.29) is 17.6 Å². The third kappa shape index (κ3) is 3.88. The van der Waals surface area contributed by atoms with Gasteiger partial charge in [-0.25, -0.2) is 14.4 Å². The summed E-state index contributed by atoms with van der Waals surface area (Å²) in [6, 6.07) is 9.70. The first-order valence-electron chi connectivity index (χ1n) is 8.94. The highest BCUT2D eigenvalue weighted by atomic mass is 19.1. The van der Waals surface area contributed by atoms with Crippen molar-refractivity contribution in [2.24, 2.45) is 5.92 Å². The fourth-order valence-electron chi connectivity index (χ4n) is 2.86. The van der Waals surface area contributed by atoms with E-state index >= 15 is 0 Å². The van der Waals surface area contributed by atoms with Gasteiger partial charge in [0.2, 0.25) is 5.91 Å². The summed E-state index contributed by atoms with van der Waals surface area (Å²) in [5.41, 5.74) is 2.92. The molecule has 6 nitrogen and oxygen atoms in total. The number of H-pyrrole nitrogens is 1. The molecule has 2 heterocycles. The maximum atomic E-state index is 13.3. The molecule has 3 N–H and O–H groups in total. The molecule has 1 aromatic carbocycles. The van der Waals surface area contributed by atoms with Crippen LogP contribution in [0.3, 0.4) is 0 Å². The summed E-state index contributed by atoms with van der Waals surface area (Å²) < 4.78 is 13.3. The molecule has 2 aromatic heterocycles. The van der Waals surface area contributed by atoms with Gasteiger partial charge in [0, 0.05) is 29.5 Å². The number of allylic oxidation sites excluding steroid dienone is 1. The van der Waals surface area contributed by atoms with Gasteiger partial charge < -0.3 is 15.7 Å². The average molecular weight is 375 g/mol. The Morgan fingerprint density at radius 2 is 2.00 bits per heavy atom. The summed E-state index contributed by atoms with van der Waals surface area (Å²) in [4.78, 5) is 24.1. The summed E-state index contributed by atoms with van der Waals surface area (Å²) in [7, 11) is 0. The first-order chi connectivity index (χ1) is 13.6. The van der Waals surface area contributed by atoms with Gasteiger partial charge in [0.25, 0.3) is 0 Å². The van der Waals surface area contributed by atoms with E-state index < -0.39 is 0 Å². The first-order valence-corrected chi connectivity index (χ1v) is 8.94. The molecule has 140 valence electrons. The number of nitrogens with one attached hydrogen (secondary N) is 3. The van der Waals surface area contributed by atoms with Crippen molar-refractivity contribution in [3.05, 3.63) is 60.3 Å². The molecule has 1 fully saturated rings. The summed E-state index contributed by atoms with van der Waals surface area (Å²) in [6.45, 7) is 0. The van der Waals surface area contributed by atoms with Crippen molar-refractivity contribution in [2.45, 2.75) is 12.8 Å². The third-order valence-corrected chi connectivity index (χ3v) is 4.44. The lowest BCUT2D eigenvalue weighted by atomic mass is 10.1. The molecule has 1 aliphatic carbocycles. The van der Waals surface area contributed by atoms with Crippen LogP contribution in [-0.4, -0.2) is 27.1 Å². The van der Waals surface area contributed by atoms with Crippen LogP contribution >= 0.6 is 0 Å². The highest BCUT2D eigenvalue weighted by Crippen LogP contribution is 2.33. The van der Waals surface area contributed by atoms with Gasteiger partial charge in [-0.05, 0) is 61.4 Å². The van der Waals surface area contributed by atoms with E-state index in [1.54, 1.807) is 42.6 Å². The number of carbonyl (C=O) groups is 1. The third-order valence-electron chi connectivity index (χ3n) is 4.44. The lowest BCUT2D eigenvalue weighted by molar-refractivity contribution is -0.117. The number of rotatable bonds is 6. The van der Waals surface area contributed by atoms with Crippen molar-refractivity contribution >= 4 is 24.0 Å². The number of amides is 1. The van der Waals surface area contributed by atoms with Gasteiger partial charge >= 0.3 is 0 Å². The fraction of sp³-hybridized carbons (Fsp3) is 0.143. The molecule has 0 saturated heterocycles. The van der Waals surface area contributed by atoms with Crippen molar-refractivity contribution < 1.29 is 9.18 Å². The molecule has 1 aliphatic rings. The highest BCUT2D eigenvalue weighted by Gasteiger charge is 2.29. The van der Waals surface area contributed by atoms with Crippen LogP contribution in [0.1, 0.15) is 18.7 Å². The molecule has 3 aromatic rings. The standard InChI is InChI=1S/C21H18FN5O/c22-16-7-5-13(6-8-16)19-20(26-17(25-19)2-1-10-23)15-9-11-24-18(12-15)27-21(28)14-3-4-14/h1-2,5-12,14,23H,3-4H2,(H,25,26)(H,24,27,28)/b2-1-,23-10?. The van der Waals surface area contributed by atoms with E-state index in [2.05, 4.69) is 20.3 Å². The number of aromatic amines is 1. The average Bonchev–Trinajstić information content (AvgIpc) is 3.47. The molecule has 1 amide bonds. The van der Waals surface area contributed by atoms with Crippen LogP contribution < -0.4 is 5.32 Å². The van der Waals surface area contributed by atoms with Gasteiger partial charge in [-0.15, -0.1) is 0 Å². The number of carbonyl (C=O) groups excluding carboxylic acids is 1. The molecule has 28 heavy (non-hydrogen) atoms. The number of benzene rings is 1. The van der Waals surface area contributed by atoms with Crippen molar-refractivity contribution in [1.29, 1.82) is 5.41 Å². The van der Waals surface area contributed by atoms with Crippen molar-refractivity contribution in [3.63, 3.8) is 0 Å². The van der Waals surface area contributed by atoms with Gasteiger partial charge in [0.15, 0.2) is 0 Å². The van der Waals surface area contributed by atoms with Crippen molar-refractivity contribution in [3.8, 4) is 22.5 Å². The predicted octanol–water partition coefficient (Wildman–Crippen LogP) is 4.29. The number of hydrogen-bond donors (Lipinski definition) is 3. The van der Waals surface area contributed by atoms with Crippen LogP contribution in [0.5, 0.6) is 0 Å². The van der Waals surface area contributed by atoms with Crippen LogP contribution in [0.4, 0.5) is 10.2 Å². The molecule has 0 bridgehead atoms. The Hall–Kier alpha value is -3.61. The number of nitrogens with zero attached hydrogens (tertiary/aromatic N) is 2. The van der Waals surface area contributed by atoms with E-state index in [4.69, 9.17) is 5.41 Å². The summed E-state index contributed by atoms with van der Waals surface area (Å²) in [6.07, 6.45) is 7.86. The Labute approximate surface area is 161 Å². The summed E-state index contributed by atoms with van der Waals surface area (Å²) in [5, 5.41) is 9.99. The van der Waals surface area contributed by atoms with Crippen LogP contribution in [0.15, 0.2) is 48.7 Å². The summed E-state index contributed by atoms with van der Waals surface area (Å²) >= 11 is 0. The number of anilines is 1. The number of hydrogen-bond acceptors (Lipinski definition) is 4. The molecule has 4 rings (SSSR count). The minimum Gasteiger partial charge on any atom is -0.338 e. The monoisotopic (exact) mass is 375 g/mol. The lowest BCUT2D eigenvalue weighted by Gasteiger charge is -2.07. The van der Waals surface area contributed by atoms with Gasteiger partial charge in [-0.2, -0.15) is 0 Å². The molecule has 7 heteroatoms. The molecular weight excluding hydrogens is 357 g/mol. The Morgan fingerprint density at radius 1 is 1.21 bits per heavy atom. The second-order valence-electron chi connectivity index (χ2n) is 6.57. The van der Waals surface area contributed by atoms with Gasteiger partial charge in [-0.1, -0.05) is 0 Å². The topological polar surface area (TPSA) is 94.5 Å². The van der Waals surface area contributed by atoms with E-state index in [9.17, 15) is 9.18 Å². The number of pyridine rings is 1. The minimum atomic E-state index is -0.317. The zero-order chi connectivity index (χ0) is 19.5. The van der Waals surface area contributed by atoms with E-state index in [0.717, 1.165) is 35.9 Å². The quantitative estimate of drug-likeness (QED) is 0.561. The Morgan fingerprint density at radius 3 is 2.71 bits per heavy atom.